The minimum absolute atomic E-state index is 0.188. The molecule has 0 aliphatic rings. The van der Waals surface area contributed by atoms with Gasteiger partial charge in [-0.2, -0.15) is 0 Å². The molecule has 8 heteroatoms. The second-order valence-electron chi connectivity index (χ2n) is 4.60. The number of sulfonamides is 1. The summed E-state index contributed by atoms with van der Waals surface area (Å²) in [5, 5.41) is 0. The van der Waals surface area contributed by atoms with E-state index in [1.165, 1.54) is 12.1 Å². The normalized spacial score (nSPS) is 13.0. The summed E-state index contributed by atoms with van der Waals surface area (Å²) in [6, 6.07) is 6.02. The Morgan fingerprint density at radius 1 is 1.43 bits per heavy atom. The summed E-state index contributed by atoms with van der Waals surface area (Å²) < 4.78 is 27.1. The fourth-order valence-corrected chi connectivity index (χ4v) is 3.23. The lowest BCUT2D eigenvalue weighted by molar-refractivity contribution is 0.561. The Labute approximate surface area is 128 Å². The van der Waals surface area contributed by atoms with Gasteiger partial charge >= 0.3 is 0 Å². The number of H-pyrrole nitrogens is 1. The topological polar surface area (TPSA) is 101 Å². The van der Waals surface area contributed by atoms with Crippen LogP contribution in [0.2, 0.25) is 0 Å². The van der Waals surface area contributed by atoms with Crippen LogP contribution in [0.4, 0.5) is 0 Å². The SMILES string of the molecule is CC(NS(=O)(=O)c1ccc(CC(N)=S)cc1)c1ncc[nH]1. The third-order valence-corrected chi connectivity index (χ3v) is 4.57. The van der Waals surface area contributed by atoms with Crippen molar-refractivity contribution in [1.82, 2.24) is 14.7 Å². The third-order valence-electron chi connectivity index (χ3n) is 2.87. The average molecular weight is 324 g/mol. The van der Waals surface area contributed by atoms with Gasteiger partial charge in [-0.15, -0.1) is 0 Å². The van der Waals surface area contributed by atoms with Crippen molar-refractivity contribution < 1.29 is 8.42 Å². The average Bonchev–Trinajstić information content (AvgIpc) is 2.92. The molecule has 2 aromatic rings. The first-order chi connectivity index (χ1) is 9.88. The minimum Gasteiger partial charge on any atom is -0.393 e. The quantitative estimate of drug-likeness (QED) is 0.695. The molecule has 1 unspecified atom stereocenters. The van der Waals surface area contributed by atoms with Gasteiger partial charge in [0.15, 0.2) is 0 Å². The van der Waals surface area contributed by atoms with Gasteiger partial charge in [0.1, 0.15) is 5.82 Å². The minimum atomic E-state index is -3.60. The van der Waals surface area contributed by atoms with E-state index in [1.54, 1.807) is 31.5 Å². The Balaban J connectivity index is 2.14. The van der Waals surface area contributed by atoms with Crippen LogP contribution in [0.25, 0.3) is 0 Å². The molecule has 112 valence electrons. The van der Waals surface area contributed by atoms with Gasteiger partial charge in [-0.05, 0) is 24.6 Å². The molecule has 0 saturated carbocycles. The number of benzene rings is 1. The summed E-state index contributed by atoms with van der Waals surface area (Å²) in [6.45, 7) is 1.72. The zero-order valence-electron chi connectivity index (χ0n) is 11.4. The summed E-state index contributed by atoms with van der Waals surface area (Å²) in [5.74, 6) is 0.559. The number of hydrogen-bond acceptors (Lipinski definition) is 4. The van der Waals surface area contributed by atoms with Crippen LogP contribution in [0.3, 0.4) is 0 Å². The molecule has 0 amide bonds. The zero-order chi connectivity index (χ0) is 15.5. The van der Waals surface area contributed by atoms with Gasteiger partial charge in [-0.25, -0.2) is 18.1 Å². The molecule has 6 nitrogen and oxygen atoms in total. The highest BCUT2D eigenvalue weighted by atomic mass is 32.2. The molecule has 4 N–H and O–H groups in total. The number of nitrogens with one attached hydrogen (secondary N) is 2. The predicted molar refractivity (Wildman–Crippen MR) is 84.3 cm³/mol. The second kappa shape index (κ2) is 6.33. The fourth-order valence-electron chi connectivity index (χ4n) is 1.86. The van der Waals surface area contributed by atoms with Gasteiger partial charge < -0.3 is 10.7 Å². The Morgan fingerprint density at radius 3 is 2.62 bits per heavy atom. The third kappa shape index (κ3) is 4.10. The van der Waals surface area contributed by atoms with Gasteiger partial charge in [-0.3, -0.25) is 0 Å². The predicted octanol–water partition coefficient (Wildman–Crippen LogP) is 1.28. The van der Waals surface area contributed by atoms with Gasteiger partial charge in [0.25, 0.3) is 0 Å². The van der Waals surface area contributed by atoms with Crippen molar-refractivity contribution in [1.29, 1.82) is 0 Å². The van der Waals surface area contributed by atoms with E-state index < -0.39 is 16.1 Å². The highest BCUT2D eigenvalue weighted by Gasteiger charge is 2.19. The Hall–Kier alpha value is -1.77. The van der Waals surface area contributed by atoms with Crippen molar-refractivity contribution in [3.05, 3.63) is 48.0 Å². The largest absolute Gasteiger partial charge is 0.393 e. The number of thiocarbonyl (C=S) groups is 1. The lowest BCUT2D eigenvalue weighted by atomic mass is 10.1. The van der Waals surface area contributed by atoms with E-state index in [0.717, 1.165) is 5.56 Å². The highest BCUT2D eigenvalue weighted by molar-refractivity contribution is 7.89. The molecule has 1 aromatic carbocycles. The number of hydrogen-bond donors (Lipinski definition) is 3. The van der Waals surface area contributed by atoms with Gasteiger partial charge in [-0.1, -0.05) is 24.4 Å². The summed E-state index contributed by atoms with van der Waals surface area (Å²) in [5.41, 5.74) is 6.33. The number of aromatic nitrogens is 2. The second-order valence-corrected chi connectivity index (χ2v) is 6.84. The van der Waals surface area contributed by atoms with Crippen LogP contribution in [0.1, 0.15) is 24.4 Å². The van der Waals surface area contributed by atoms with Crippen LogP contribution in [0, 0.1) is 0 Å². The number of imidazole rings is 1. The van der Waals surface area contributed by atoms with Gasteiger partial charge in [0, 0.05) is 18.8 Å². The molecule has 1 atom stereocenters. The van der Waals surface area contributed by atoms with Crippen LogP contribution >= 0.6 is 12.2 Å². The van der Waals surface area contributed by atoms with E-state index in [0.29, 0.717) is 17.2 Å². The lowest BCUT2D eigenvalue weighted by Crippen LogP contribution is -2.27. The monoisotopic (exact) mass is 324 g/mol. The fraction of sp³-hybridized carbons (Fsp3) is 0.231. The Morgan fingerprint density at radius 2 is 2.10 bits per heavy atom. The van der Waals surface area contributed by atoms with Crippen molar-refractivity contribution in [3.8, 4) is 0 Å². The van der Waals surface area contributed by atoms with Crippen LogP contribution in [-0.4, -0.2) is 23.4 Å². The summed E-state index contributed by atoms with van der Waals surface area (Å²) in [6.07, 6.45) is 3.67. The molecule has 1 aromatic heterocycles. The first-order valence-corrected chi connectivity index (χ1v) is 8.16. The van der Waals surface area contributed by atoms with Crippen molar-refractivity contribution in [2.45, 2.75) is 24.3 Å². The summed E-state index contributed by atoms with van der Waals surface area (Å²) in [4.78, 5) is 7.46. The molecular formula is C13H16N4O2S2. The molecule has 0 spiro atoms. The molecule has 1 heterocycles. The smallest absolute Gasteiger partial charge is 0.241 e. The van der Waals surface area contributed by atoms with E-state index in [-0.39, 0.29) is 4.90 Å². The first-order valence-electron chi connectivity index (χ1n) is 6.27. The van der Waals surface area contributed by atoms with Crippen LogP contribution in [0.5, 0.6) is 0 Å². The maximum atomic E-state index is 12.3. The highest BCUT2D eigenvalue weighted by Crippen LogP contribution is 2.15. The van der Waals surface area contributed by atoms with Gasteiger partial charge in [0.2, 0.25) is 10.0 Å². The molecular weight excluding hydrogens is 308 g/mol. The Kier molecular flexibility index (Phi) is 4.71. The summed E-state index contributed by atoms with van der Waals surface area (Å²) in [7, 11) is -3.60. The van der Waals surface area contributed by atoms with Crippen LogP contribution < -0.4 is 10.5 Å². The molecule has 21 heavy (non-hydrogen) atoms. The van der Waals surface area contributed by atoms with E-state index in [2.05, 4.69) is 14.7 Å². The van der Waals surface area contributed by atoms with E-state index >= 15 is 0 Å². The number of nitrogens with zero attached hydrogens (tertiary/aromatic N) is 1. The molecule has 2 rings (SSSR count). The van der Waals surface area contributed by atoms with Crippen molar-refractivity contribution in [2.75, 3.05) is 0 Å². The van der Waals surface area contributed by atoms with Crippen molar-refractivity contribution in [3.63, 3.8) is 0 Å². The Bertz CT molecular complexity index is 709. The standard InChI is InChI=1S/C13H16N4O2S2/c1-9(13-15-6-7-16-13)17-21(18,19)11-4-2-10(3-5-11)8-12(14)20/h2-7,9,17H,8H2,1H3,(H2,14,20)(H,15,16). The maximum absolute atomic E-state index is 12.3. The van der Waals surface area contributed by atoms with Crippen molar-refractivity contribution >= 4 is 27.2 Å². The summed E-state index contributed by atoms with van der Waals surface area (Å²) >= 11 is 4.82. The van der Waals surface area contributed by atoms with E-state index in [1.807, 2.05) is 0 Å². The molecule has 0 fully saturated rings. The van der Waals surface area contributed by atoms with Crippen LogP contribution in [0.15, 0.2) is 41.6 Å². The molecule has 0 aliphatic carbocycles. The molecule has 0 saturated heterocycles. The maximum Gasteiger partial charge on any atom is 0.241 e. The number of nitrogens with two attached hydrogens (primary N) is 1. The number of rotatable bonds is 6. The van der Waals surface area contributed by atoms with E-state index in [9.17, 15) is 8.42 Å². The number of aromatic amines is 1. The first kappa shape index (κ1) is 15.6. The molecule has 0 aliphatic heterocycles. The van der Waals surface area contributed by atoms with Gasteiger partial charge in [0.05, 0.1) is 15.9 Å². The lowest BCUT2D eigenvalue weighted by Gasteiger charge is -2.12. The van der Waals surface area contributed by atoms with E-state index in [4.69, 9.17) is 18.0 Å². The molecule has 0 bridgehead atoms. The zero-order valence-corrected chi connectivity index (χ0v) is 13.0. The van der Waals surface area contributed by atoms with Crippen molar-refractivity contribution in [2.24, 2.45) is 5.73 Å². The molecule has 0 radical (unpaired) electrons. The van der Waals surface area contributed by atoms with Crippen LogP contribution in [-0.2, 0) is 16.4 Å².